The molecule has 1 amide bonds. The first-order chi connectivity index (χ1) is 12.8. The lowest BCUT2D eigenvalue weighted by molar-refractivity contribution is 0.0240. The molecule has 0 radical (unpaired) electrons. The van der Waals surface area contributed by atoms with Crippen LogP contribution in [0, 0.1) is 0 Å². The molecule has 0 unspecified atom stereocenters. The quantitative estimate of drug-likeness (QED) is 0.822. The zero-order chi connectivity index (χ0) is 19.6. The van der Waals surface area contributed by atoms with E-state index < -0.39 is 5.60 Å². The van der Waals surface area contributed by atoms with Crippen molar-refractivity contribution in [3.63, 3.8) is 0 Å². The maximum atomic E-state index is 12.3. The predicted octanol–water partition coefficient (Wildman–Crippen LogP) is 3.31. The number of hydrogen-bond acceptors (Lipinski definition) is 6. The summed E-state index contributed by atoms with van der Waals surface area (Å²) in [5.74, 6) is 1.37. The molecule has 1 aromatic carbocycles. The lowest BCUT2D eigenvalue weighted by atomic mass is 10.1. The van der Waals surface area contributed by atoms with Gasteiger partial charge >= 0.3 is 6.09 Å². The molecule has 27 heavy (non-hydrogen) atoms. The summed E-state index contributed by atoms with van der Waals surface area (Å²) < 4.78 is 16.7. The number of pyridine rings is 1. The topological polar surface area (TPSA) is 64.1 Å². The molecule has 1 aliphatic heterocycles. The number of methoxy groups -OCH3 is 2. The van der Waals surface area contributed by atoms with Crippen LogP contribution < -0.4 is 14.4 Å². The molecule has 0 saturated carbocycles. The van der Waals surface area contributed by atoms with Gasteiger partial charge in [0, 0.05) is 49.3 Å². The van der Waals surface area contributed by atoms with Gasteiger partial charge in [0.2, 0.25) is 0 Å². The number of nitrogens with zero attached hydrogens (tertiary/aromatic N) is 3. The Hall–Kier alpha value is -2.70. The summed E-state index contributed by atoms with van der Waals surface area (Å²) in [5.41, 5.74) is 0.478. The van der Waals surface area contributed by atoms with E-state index in [1.54, 1.807) is 25.3 Å². The van der Waals surface area contributed by atoms with Gasteiger partial charge in [-0.1, -0.05) is 0 Å². The van der Waals surface area contributed by atoms with Gasteiger partial charge in [0.1, 0.15) is 5.60 Å². The molecule has 0 bridgehead atoms. The fourth-order valence-electron chi connectivity index (χ4n) is 3.29. The number of piperazine rings is 1. The van der Waals surface area contributed by atoms with Crippen molar-refractivity contribution in [2.24, 2.45) is 0 Å². The van der Waals surface area contributed by atoms with Crippen LogP contribution in [0.3, 0.4) is 0 Å². The van der Waals surface area contributed by atoms with Gasteiger partial charge in [-0.15, -0.1) is 0 Å². The van der Waals surface area contributed by atoms with Crippen molar-refractivity contribution in [1.82, 2.24) is 9.88 Å². The second-order valence-electron chi connectivity index (χ2n) is 7.51. The number of hydrogen-bond donors (Lipinski definition) is 0. The van der Waals surface area contributed by atoms with Crippen LogP contribution >= 0.6 is 0 Å². The molecular weight excluding hydrogens is 346 g/mol. The molecule has 1 aromatic heterocycles. The van der Waals surface area contributed by atoms with Crippen LogP contribution in [-0.4, -0.2) is 62.0 Å². The van der Waals surface area contributed by atoms with Crippen LogP contribution in [0.1, 0.15) is 20.8 Å². The van der Waals surface area contributed by atoms with E-state index in [9.17, 15) is 4.79 Å². The Morgan fingerprint density at radius 3 is 2.41 bits per heavy atom. The maximum Gasteiger partial charge on any atom is 0.410 e. The fourth-order valence-corrected chi connectivity index (χ4v) is 3.29. The Kier molecular flexibility index (Phi) is 5.30. The molecule has 2 heterocycles. The van der Waals surface area contributed by atoms with Crippen LogP contribution in [0.4, 0.5) is 10.5 Å². The zero-order valence-electron chi connectivity index (χ0n) is 16.6. The van der Waals surface area contributed by atoms with Crippen molar-refractivity contribution in [3.05, 3.63) is 24.5 Å². The minimum atomic E-state index is -0.493. The third-order valence-corrected chi connectivity index (χ3v) is 4.50. The average molecular weight is 373 g/mol. The Balaban J connectivity index is 1.88. The van der Waals surface area contributed by atoms with Gasteiger partial charge in [0.15, 0.2) is 11.5 Å². The Bertz CT molecular complexity index is 824. The highest BCUT2D eigenvalue weighted by molar-refractivity contribution is 5.99. The molecule has 0 spiro atoms. The summed E-state index contributed by atoms with van der Waals surface area (Å²) >= 11 is 0. The number of anilines is 1. The highest BCUT2D eigenvalue weighted by atomic mass is 16.6. The number of rotatable bonds is 3. The first-order valence-electron chi connectivity index (χ1n) is 9.05. The summed E-state index contributed by atoms with van der Waals surface area (Å²) in [6.07, 6.45) is 3.32. The molecule has 7 nitrogen and oxygen atoms in total. The average Bonchev–Trinajstić information content (AvgIpc) is 2.65. The summed E-state index contributed by atoms with van der Waals surface area (Å²) in [6.45, 7) is 8.16. The number of carbonyl (C=O) groups excluding carboxylic acids is 1. The number of carbonyl (C=O) groups is 1. The molecule has 3 rings (SSSR count). The van der Waals surface area contributed by atoms with E-state index in [2.05, 4.69) is 9.88 Å². The standard InChI is InChI=1S/C20H27N3O4/c1-20(2,3)27-19(24)23-10-8-22(9-11-23)17-15-6-7-21-13-14(15)12-16(25-4)18(17)26-5/h6-7,12-13H,8-11H2,1-5H3. The lowest BCUT2D eigenvalue weighted by Crippen LogP contribution is -2.50. The molecule has 2 aromatic rings. The first-order valence-corrected chi connectivity index (χ1v) is 9.05. The van der Waals surface area contributed by atoms with Gasteiger partial charge in [-0.3, -0.25) is 4.98 Å². The highest BCUT2D eigenvalue weighted by Gasteiger charge is 2.28. The highest BCUT2D eigenvalue weighted by Crippen LogP contribution is 2.43. The van der Waals surface area contributed by atoms with Gasteiger partial charge in [-0.25, -0.2) is 4.79 Å². The zero-order valence-corrected chi connectivity index (χ0v) is 16.6. The number of ether oxygens (including phenoxy) is 3. The Morgan fingerprint density at radius 1 is 1.11 bits per heavy atom. The molecular formula is C20H27N3O4. The van der Waals surface area contributed by atoms with E-state index in [0.717, 1.165) is 16.5 Å². The van der Waals surface area contributed by atoms with Crippen molar-refractivity contribution in [2.45, 2.75) is 26.4 Å². The molecule has 1 aliphatic rings. The molecule has 146 valence electrons. The fraction of sp³-hybridized carbons (Fsp3) is 0.500. The van der Waals surface area contributed by atoms with Gasteiger partial charge in [0.05, 0.1) is 19.9 Å². The van der Waals surface area contributed by atoms with Crippen molar-refractivity contribution >= 4 is 22.6 Å². The Morgan fingerprint density at radius 2 is 1.81 bits per heavy atom. The second-order valence-corrected chi connectivity index (χ2v) is 7.51. The van der Waals surface area contributed by atoms with Gasteiger partial charge in [0.25, 0.3) is 0 Å². The molecule has 0 aliphatic carbocycles. The largest absolute Gasteiger partial charge is 0.493 e. The van der Waals surface area contributed by atoms with Crippen LogP contribution in [0.2, 0.25) is 0 Å². The van der Waals surface area contributed by atoms with Crippen LogP contribution in [-0.2, 0) is 4.74 Å². The van der Waals surface area contributed by atoms with Crippen LogP contribution in [0.25, 0.3) is 10.8 Å². The van der Waals surface area contributed by atoms with E-state index >= 15 is 0 Å². The third kappa shape index (κ3) is 4.02. The van der Waals surface area contributed by atoms with E-state index in [0.29, 0.717) is 37.7 Å². The number of amides is 1. The normalized spacial score (nSPS) is 15.0. The van der Waals surface area contributed by atoms with Crippen molar-refractivity contribution in [2.75, 3.05) is 45.3 Å². The number of aromatic nitrogens is 1. The monoisotopic (exact) mass is 373 g/mol. The molecule has 0 N–H and O–H groups in total. The molecule has 7 heteroatoms. The van der Waals surface area contributed by atoms with E-state index in [-0.39, 0.29) is 6.09 Å². The molecule has 1 saturated heterocycles. The summed E-state index contributed by atoms with van der Waals surface area (Å²) in [5, 5.41) is 2.04. The summed E-state index contributed by atoms with van der Waals surface area (Å²) in [7, 11) is 3.27. The second kappa shape index (κ2) is 7.50. The van der Waals surface area contributed by atoms with Crippen molar-refractivity contribution in [3.8, 4) is 11.5 Å². The van der Waals surface area contributed by atoms with E-state index in [4.69, 9.17) is 14.2 Å². The lowest BCUT2D eigenvalue weighted by Gasteiger charge is -2.37. The number of fused-ring (bicyclic) bond motifs is 1. The first kappa shape index (κ1) is 19.1. The van der Waals surface area contributed by atoms with Crippen LogP contribution in [0.15, 0.2) is 24.5 Å². The van der Waals surface area contributed by atoms with E-state index in [1.165, 1.54) is 0 Å². The van der Waals surface area contributed by atoms with E-state index in [1.807, 2.05) is 39.1 Å². The number of benzene rings is 1. The van der Waals surface area contributed by atoms with Gasteiger partial charge < -0.3 is 24.0 Å². The summed E-state index contributed by atoms with van der Waals surface area (Å²) in [4.78, 5) is 20.5. The maximum absolute atomic E-state index is 12.3. The Labute approximate surface area is 159 Å². The summed E-state index contributed by atoms with van der Waals surface area (Å²) in [6, 6.07) is 3.91. The van der Waals surface area contributed by atoms with Gasteiger partial charge in [-0.2, -0.15) is 0 Å². The minimum Gasteiger partial charge on any atom is -0.493 e. The third-order valence-electron chi connectivity index (χ3n) is 4.50. The molecule has 0 atom stereocenters. The minimum absolute atomic E-state index is 0.270. The molecule has 1 fully saturated rings. The predicted molar refractivity (Wildman–Crippen MR) is 105 cm³/mol. The van der Waals surface area contributed by atoms with Crippen molar-refractivity contribution in [1.29, 1.82) is 0 Å². The smallest absolute Gasteiger partial charge is 0.410 e. The SMILES string of the molecule is COc1cc2cnccc2c(N2CCN(C(=O)OC(C)(C)C)CC2)c1OC. The van der Waals surface area contributed by atoms with Gasteiger partial charge in [-0.05, 0) is 32.9 Å². The van der Waals surface area contributed by atoms with Crippen molar-refractivity contribution < 1.29 is 19.0 Å². The van der Waals surface area contributed by atoms with Crippen LogP contribution in [0.5, 0.6) is 11.5 Å².